The van der Waals surface area contributed by atoms with Crippen LogP contribution in [-0.4, -0.2) is 29.3 Å². The van der Waals surface area contributed by atoms with Crippen molar-refractivity contribution in [1.82, 2.24) is 10.3 Å². The molecule has 0 atom stereocenters. The summed E-state index contributed by atoms with van der Waals surface area (Å²) < 4.78 is 13.7. The second-order valence-electron chi connectivity index (χ2n) is 6.63. The van der Waals surface area contributed by atoms with E-state index >= 15 is 0 Å². The molecule has 0 saturated heterocycles. The molecule has 3 N–H and O–H groups in total. The van der Waals surface area contributed by atoms with Crippen LogP contribution in [0.25, 0.3) is 0 Å². The predicted octanol–water partition coefficient (Wildman–Crippen LogP) is 3.62. The number of hydrogen-bond acceptors (Lipinski definition) is 4. The smallest absolute Gasteiger partial charge is 0.274 e. The van der Waals surface area contributed by atoms with E-state index in [0.29, 0.717) is 18.5 Å². The Morgan fingerprint density at radius 1 is 0.839 bits per heavy atom. The van der Waals surface area contributed by atoms with Gasteiger partial charge < -0.3 is 16.0 Å². The van der Waals surface area contributed by atoms with E-state index in [9.17, 15) is 18.8 Å². The van der Waals surface area contributed by atoms with Crippen LogP contribution in [-0.2, 0) is 4.79 Å². The molecule has 3 aromatic rings. The third-order valence-electron chi connectivity index (χ3n) is 4.30. The summed E-state index contributed by atoms with van der Waals surface area (Å²) in [6.45, 7) is 0.313. The molecule has 0 bridgehead atoms. The lowest BCUT2D eigenvalue weighted by atomic mass is 10.2. The van der Waals surface area contributed by atoms with E-state index in [0.717, 1.165) is 6.07 Å². The van der Waals surface area contributed by atoms with Gasteiger partial charge in [-0.2, -0.15) is 0 Å². The number of halogens is 1. The number of amides is 3. The van der Waals surface area contributed by atoms with Crippen LogP contribution in [0.5, 0.6) is 0 Å². The fourth-order valence-electron chi connectivity index (χ4n) is 2.77. The number of nitrogens with zero attached hydrogens (tertiary/aromatic N) is 1. The monoisotopic (exact) mass is 420 g/mol. The second-order valence-corrected chi connectivity index (χ2v) is 6.63. The number of nitrogens with one attached hydrogen (secondary N) is 3. The van der Waals surface area contributed by atoms with Gasteiger partial charge in [-0.1, -0.05) is 24.3 Å². The van der Waals surface area contributed by atoms with Crippen LogP contribution in [0, 0.1) is 5.82 Å². The minimum Gasteiger partial charge on any atom is -0.352 e. The highest BCUT2D eigenvalue weighted by molar-refractivity contribution is 6.06. The van der Waals surface area contributed by atoms with Crippen LogP contribution >= 0.6 is 0 Å². The zero-order valence-electron chi connectivity index (χ0n) is 16.6. The summed E-state index contributed by atoms with van der Waals surface area (Å²) >= 11 is 0. The van der Waals surface area contributed by atoms with E-state index in [2.05, 4.69) is 20.9 Å². The Bertz CT molecular complexity index is 1060. The first kappa shape index (κ1) is 21.6. The first-order valence-electron chi connectivity index (χ1n) is 9.68. The molecule has 0 spiro atoms. The molecule has 0 unspecified atom stereocenters. The number of rotatable bonds is 8. The molecule has 1 aromatic heterocycles. The van der Waals surface area contributed by atoms with Crippen LogP contribution in [0.15, 0.2) is 72.9 Å². The lowest BCUT2D eigenvalue weighted by Gasteiger charge is -2.12. The highest BCUT2D eigenvalue weighted by atomic mass is 19.1. The molecule has 7 nitrogen and oxygen atoms in total. The first-order valence-corrected chi connectivity index (χ1v) is 9.68. The zero-order chi connectivity index (χ0) is 22.1. The van der Waals surface area contributed by atoms with Crippen molar-refractivity contribution in [2.75, 3.05) is 17.2 Å². The molecular formula is C23H21FN4O3. The molecule has 3 rings (SSSR count). The highest BCUT2D eigenvalue weighted by Gasteiger charge is 2.13. The minimum atomic E-state index is -0.554. The average molecular weight is 420 g/mol. The van der Waals surface area contributed by atoms with Gasteiger partial charge in [-0.3, -0.25) is 19.4 Å². The van der Waals surface area contributed by atoms with Crippen molar-refractivity contribution in [2.24, 2.45) is 0 Å². The number of benzene rings is 2. The van der Waals surface area contributed by atoms with Crippen LogP contribution in [0.1, 0.15) is 33.7 Å². The summed E-state index contributed by atoms with van der Waals surface area (Å²) in [4.78, 5) is 40.5. The number of anilines is 2. The van der Waals surface area contributed by atoms with Crippen molar-refractivity contribution in [2.45, 2.75) is 12.8 Å². The van der Waals surface area contributed by atoms with Crippen molar-refractivity contribution in [3.05, 3.63) is 90.0 Å². The molecule has 0 aliphatic heterocycles. The Balaban J connectivity index is 1.53. The number of hydrogen-bond donors (Lipinski definition) is 3. The highest BCUT2D eigenvalue weighted by Crippen LogP contribution is 2.23. The number of pyridine rings is 1. The van der Waals surface area contributed by atoms with Gasteiger partial charge in [0.2, 0.25) is 5.91 Å². The van der Waals surface area contributed by atoms with Gasteiger partial charge in [-0.05, 0) is 48.9 Å². The SMILES string of the molecule is O=C(CCCNC(=O)c1ccccc1)Nc1cc(F)ccc1NC(=O)c1ccccn1. The third kappa shape index (κ3) is 6.46. The Morgan fingerprint density at radius 2 is 1.61 bits per heavy atom. The van der Waals surface area contributed by atoms with Crippen molar-refractivity contribution in [1.29, 1.82) is 0 Å². The molecule has 0 radical (unpaired) electrons. The summed E-state index contributed by atoms with van der Waals surface area (Å²) in [7, 11) is 0. The Hall–Kier alpha value is -4.07. The maximum absolute atomic E-state index is 13.7. The molecule has 0 aliphatic carbocycles. The fraction of sp³-hybridized carbons (Fsp3) is 0.130. The second kappa shape index (κ2) is 10.6. The number of carbonyl (C=O) groups is 3. The normalized spacial score (nSPS) is 10.2. The molecule has 0 saturated carbocycles. The van der Waals surface area contributed by atoms with Gasteiger partial charge >= 0.3 is 0 Å². The topological polar surface area (TPSA) is 100 Å². The molecule has 0 fully saturated rings. The van der Waals surface area contributed by atoms with E-state index in [1.807, 2.05) is 6.07 Å². The molecular weight excluding hydrogens is 399 g/mol. The van der Waals surface area contributed by atoms with E-state index in [4.69, 9.17) is 0 Å². The summed E-state index contributed by atoms with van der Waals surface area (Å²) in [5.41, 5.74) is 1.13. The molecule has 2 aromatic carbocycles. The van der Waals surface area contributed by atoms with E-state index in [1.165, 1.54) is 18.3 Å². The standard InChI is InChI=1S/C23H21FN4O3/c24-17-11-12-18(28-23(31)19-9-4-5-13-25-19)20(15-17)27-21(29)10-6-14-26-22(30)16-7-2-1-3-8-16/h1-5,7-9,11-13,15H,6,10,14H2,(H,26,30)(H,27,29)(H,28,31). The maximum Gasteiger partial charge on any atom is 0.274 e. The molecule has 1 heterocycles. The molecule has 31 heavy (non-hydrogen) atoms. The molecule has 158 valence electrons. The van der Waals surface area contributed by atoms with E-state index in [1.54, 1.807) is 42.5 Å². The number of aromatic nitrogens is 1. The summed E-state index contributed by atoms with van der Waals surface area (Å²) in [6, 6.07) is 17.3. The van der Waals surface area contributed by atoms with Gasteiger partial charge in [-0.25, -0.2) is 4.39 Å². The first-order chi connectivity index (χ1) is 15.0. The summed E-state index contributed by atoms with van der Waals surface area (Å²) in [5, 5.41) is 7.96. The quantitative estimate of drug-likeness (QED) is 0.485. The summed E-state index contributed by atoms with van der Waals surface area (Å²) in [5.74, 6) is -1.62. The van der Waals surface area contributed by atoms with Crippen molar-refractivity contribution in [3.63, 3.8) is 0 Å². The van der Waals surface area contributed by atoms with Gasteiger partial charge in [-0.15, -0.1) is 0 Å². The summed E-state index contributed by atoms with van der Waals surface area (Å²) in [6.07, 6.45) is 1.99. The van der Waals surface area contributed by atoms with Crippen LogP contribution in [0.3, 0.4) is 0 Å². The van der Waals surface area contributed by atoms with E-state index in [-0.39, 0.29) is 35.3 Å². The zero-order valence-corrected chi connectivity index (χ0v) is 16.6. The molecule has 0 aliphatic rings. The number of carbonyl (C=O) groups excluding carboxylic acids is 3. The van der Waals surface area contributed by atoms with Gasteiger partial charge in [0.1, 0.15) is 11.5 Å². The predicted molar refractivity (Wildman–Crippen MR) is 115 cm³/mol. The largest absolute Gasteiger partial charge is 0.352 e. The van der Waals surface area contributed by atoms with Gasteiger partial charge in [0.05, 0.1) is 11.4 Å². The Kier molecular flexibility index (Phi) is 7.42. The van der Waals surface area contributed by atoms with Crippen LogP contribution in [0.2, 0.25) is 0 Å². The van der Waals surface area contributed by atoms with Crippen molar-refractivity contribution >= 4 is 29.1 Å². The van der Waals surface area contributed by atoms with E-state index < -0.39 is 11.7 Å². The van der Waals surface area contributed by atoms with Gasteiger partial charge in [0.25, 0.3) is 11.8 Å². The average Bonchev–Trinajstić information content (AvgIpc) is 2.79. The lowest BCUT2D eigenvalue weighted by Crippen LogP contribution is -2.25. The fourth-order valence-corrected chi connectivity index (χ4v) is 2.77. The van der Waals surface area contributed by atoms with Crippen LogP contribution in [0.4, 0.5) is 15.8 Å². The van der Waals surface area contributed by atoms with Gasteiger partial charge in [0, 0.05) is 24.7 Å². The molecule has 3 amide bonds. The third-order valence-corrected chi connectivity index (χ3v) is 4.30. The Labute approximate surface area is 178 Å². The van der Waals surface area contributed by atoms with Crippen molar-refractivity contribution < 1.29 is 18.8 Å². The van der Waals surface area contributed by atoms with Crippen LogP contribution < -0.4 is 16.0 Å². The minimum absolute atomic E-state index is 0.110. The van der Waals surface area contributed by atoms with Crippen molar-refractivity contribution in [3.8, 4) is 0 Å². The maximum atomic E-state index is 13.7. The lowest BCUT2D eigenvalue weighted by molar-refractivity contribution is -0.116. The van der Waals surface area contributed by atoms with Gasteiger partial charge in [0.15, 0.2) is 0 Å². The molecule has 8 heteroatoms. The Morgan fingerprint density at radius 3 is 2.35 bits per heavy atom.